The van der Waals surface area contributed by atoms with Gasteiger partial charge in [0.1, 0.15) is 25.3 Å². The van der Waals surface area contributed by atoms with E-state index in [1.54, 1.807) is 0 Å². The highest BCUT2D eigenvalue weighted by Gasteiger charge is 2.34. The van der Waals surface area contributed by atoms with Crippen LogP contribution in [0.15, 0.2) is 140 Å². The minimum Gasteiger partial charge on any atom is -0.278 e. The second-order valence-corrected chi connectivity index (χ2v) is 9.21. The van der Waals surface area contributed by atoms with Crippen molar-refractivity contribution in [3.63, 3.8) is 0 Å². The predicted octanol–water partition coefficient (Wildman–Crippen LogP) is 7.58. The molecule has 0 fully saturated rings. The molecule has 2 heteroatoms. The lowest BCUT2D eigenvalue weighted by Gasteiger charge is -2.39. The third-order valence-corrected chi connectivity index (χ3v) is 6.58. The summed E-state index contributed by atoms with van der Waals surface area (Å²) in [5, 5.41) is 0. The summed E-state index contributed by atoms with van der Waals surface area (Å²) in [7, 11) is 0. The molecule has 1 aromatic heterocycles. The fourth-order valence-corrected chi connectivity index (χ4v) is 5.01. The number of rotatable bonds is 9. The molecule has 4 aromatic carbocycles. The van der Waals surface area contributed by atoms with Crippen LogP contribution in [0.4, 0.5) is 5.69 Å². The van der Waals surface area contributed by atoms with Gasteiger partial charge in [-0.15, -0.1) is 0 Å². The summed E-state index contributed by atoms with van der Waals surface area (Å²) in [5.41, 5.74) is 7.69. The van der Waals surface area contributed by atoms with Crippen LogP contribution >= 0.6 is 0 Å². The van der Waals surface area contributed by atoms with E-state index in [2.05, 4.69) is 133 Å². The number of aromatic nitrogens is 1. The molecule has 0 aliphatic rings. The highest BCUT2D eigenvalue weighted by Crippen LogP contribution is 2.35. The first kappa shape index (κ1) is 22.8. The molecular formula is C33H31N2+. The molecule has 0 saturated heterocycles. The third kappa shape index (κ3) is 5.74. The van der Waals surface area contributed by atoms with Crippen molar-refractivity contribution in [2.75, 3.05) is 0 Å². The Bertz CT molecular complexity index is 1220. The second kappa shape index (κ2) is 10.9. The van der Waals surface area contributed by atoms with Gasteiger partial charge in [0, 0.05) is 35.4 Å². The quantitative estimate of drug-likeness (QED) is 0.209. The summed E-state index contributed by atoms with van der Waals surface area (Å²) < 4.78 is 0.772. The summed E-state index contributed by atoms with van der Waals surface area (Å²) >= 11 is 0. The van der Waals surface area contributed by atoms with Crippen molar-refractivity contribution in [1.29, 1.82) is 0 Å². The first-order valence-electron chi connectivity index (χ1n) is 12.3. The van der Waals surface area contributed by atoms with E-state index in [0.29, 0.717) is 0 Å². The Hall–Kier alpha value is -4.01. The normalized spacial score (nSPS) is 11.3. The summed E-state index contributed by atoms with van der Waals surface area (Å²) in [5.74, 6) is 0. The van der Waals surface area contributed by atoms with Crippen LogP contribution in [0, 0.1) is 0 Å². The van der Waals surface area contributed by atoms with E-state index >= 15 is 0 Å². The molecule has 0 aliphatic heterocycles. The highest BCUT2D eigenvalue weighted by molar-refractivity contribution is 5.50. The highest BCUT2D eigenvalue weighted by atomic mass is 15.4. The Kier molecular flexibility index (Phi) is 7.12. The van der Waals surface area contributed by atoms with Crippen molar-refractivity contribution in [1.82, 2.24) is 9.47 Å². The van der Waals surface area contributed by atoms with E-state index in [1.165, 1.54) is 27.9 Å². The number of pyridine rings is 1. The van der Waals surface area contributed by atoms with E-state index in [1.807, 2.05) is 6.20 Å². The molecule has 0 saturated carbocycles. The molecule has 172 valence electrons. The summed E-state index contributed by atoms with van der Waals surface area (Å²) in [6.45, 7) is 2.66. The first-order chi connectivity index (χ1) is 17.3. The van der Waals surface area contributed by atoms with Gasteiger partial charge in [-0.1, -0.05) is 121 Å². The fraction of sp³-hybridized carbons (Fsp3) is 0.121. The lowest BCUT2D eigenvalue weighted by Crippen LogP contribution is -2.47. The Morgan fingerprint density at radius 1 is 0.429 bits per heavy atom. The number of quaternary nitrogens is 1. The zero-order chi connectivity index (χ0) is 23.8. The first-order valence-corrected chi connectivity index (χ1v) is 12.3. The molecule has 5 rings (SSSR count). The molecule has 35 heavy (non-hydrogen) atoms. The van der Waals surface area contributed by atoms with Crippen molar-refractivity contribution in [3.05, 3.63) is 168 Å². The molecule has 0 aliphatic carbocycles. The number of hydrogen-bond acceptors (Lipinski definition) is 1. The maximum absolute atomic E-state index is 4.95. The Morgan fingerprint density at radius 3 is 1.26 bits per heavy atom. The number of benzene rings is 4. The molecule has 2 nitrogen and oxygen atoms in total. The number of hydrogen-bond donors (Lipinski definition) is 0. The lowest BCUT2D eigenvalue weighted by atomic mass is 10.0. The van der Waals surface area contributed by atoms with Crippen molar-refractivity contribution in [3.8, 4) is 0 Å². The van der Waals surface area contributed by atoms with Crippen LogP contribution in [0.1, 0.15) is 27.9 Å². The van der Waals surface area contributed by atoms with Crippen LogP contribution in [0.5, 0.6) is 0 Å². The standard InChI is InChI=1S/C33H31N2/c1-5-14-28(15-6-1)24-32-33(22-13-23-34-32)35(25-29-16-7-2-8-17-29,26-30-18-9-3-10-19-30)27-31-20-11-4-12-21-31/h1-23H,24-27H2/q+1. The average Bonchev–Trinajstić information content (AvgIpc) is 2.91. The Morgan fingerprint density at radius 2 is 0.829 bits per heavy atom. The van der Waals surface area contributed by atoms with Gasteiger partial charge >= 0.3 is 0 Å². The van der Waals surface area contributed by atoms with Crippen LogP contribution in [0.3, 0.4) is 0 Å². The van der Waals surface area contributed by atoms with E-state index in [4.69, 9.17) is 4.98 Å². The van der Waals surface area contributed by atoms with Gasteiger partial charge < -0.3 is 0 Å². The van der Waals surface area contributed by atoms with Gasteiger partial charge in [0.25, 0.3) is 0 Å². The molecule has 0 radical (unpaired) electrons. The maximum Gasteiger partial charge on any atom is 0.155 e. The predicted molar refractivity (Wildman–Crippen MR) is 146 cm³/mol. The molecule has 0 N–H and O–H groups in total. The summed E-state index contributed by atoms with van der Waals surface area (Å²) in [6.07, 6.45) is 2.75. The number of nitrogens with zero attached hydrogens (tertiary/aromatic N) is 2. The Balaban J connectivity index is 1.67. The Labute approximate surface area is 208 Å². The average molecular weight is 456 g/mol. The van der Waals surface area contributed by atoms with Gasteiger partial charge in [-0.3, -0.25) is 9.47 Å². The van der Waals surface area contributed by atoms with Gasteiger partial charge in [-0.2, -0.15) is 0 Å². The van der Waals surface area contributed by atoms with Crippen molar-refractivity contribution in [2.24, 2.45) is 0 Å². The van der Waals surface area contributed by atoms with Gasteiger partial charge in [0.2, 0.25) is 0 Å². The molecule has 5 aromatic rings. The van der Waals surface area contributed by atoms with Crippen molar-refractivity contribution in [2.45, 2.75) is 26.1 Å². The molecule has 0 spiro atoms. The molecule has 0 amide bonds. The SMILES string of the molecule is c1ccc(Cc2ncccc2[N+](Cc2ccccc2)(Cc2ccccc2)Cc2ccccc2)cc1. The minimum absolute atomic E-state index is 0.772. The summed E-state index contributed by atoms with van der Waals surface area (Å²) in [6, 6.07) is 47.7. The molecule has 0 atom stereocenters. The third-order valence-electron chi connectivity index (χ3n) is 6.58. The van der Waals surface area contributed by atoms with E-state index in [0.717, 1.165) is 36.2 Å². The smallest absolute Gasteiger partial charge is 0.155 e. The van der Waals surface area contributed by atoms with E-state index in [-0.39, 0.29) is 0 Å². The lowest BCUT2D eigenvalue weighted by molar-refractivity contribution is 0.244. The zero-order valence-electron chi connectivity index (χ0n) is 20.0. The van der Waals surface area contributed by atoms with E-state index in [9.17, 15) is 0 Å². The van der Waals surface area contributed by atoms with Crippen LogP contribution in [0.2, 0.25) is 0 Å². The van der Waals surface area contributed by atoms with Gasteiger partial charge in [0.15, 0.2) is 5.69 Å². The topological polar surface area (TPSA) is 12.9 Å². The maximum atomic E-state index is 4.95. The molecule has 1 heterocycles. The van der Waals surface area contributed by atoms with Gasteiger partial charge in [-0.25, -0.2) is 0 Å². The van der Waals surface area contributed by atoms with Crippen molar-refractivity contribution >= 4 is 5.69 Å². The largest absolute Gasteiger partial charge is 0.278 e. The second-order valence-electron chi connectivity index (χ2n) is 9.21. The molecule has 0 bridgehead atoms. The molecular weight excluding hydrogens is 424 g/mol. The monoisotopic (exact) mass is 455 g/mol. The zero-order valence-corrected chi connectivity index (χ0v) is 20.0. The van der Waals surface area contributed by atoms with Crippen LogP contribution in [-0.4, -0.2) is 4.98 Å². The van der Waals surface area contributed by atoms with E-state index < -0.39 is 0 Å². The van der Waals surface area contributed by atoms with Gasteiger partial charge in [0.05, 0.1) is 0 Å². The van der Waals surface area contributed by atoms with Crippen LogP contribution in [0.25, 0.3) is 0 Å². The van der Waals surface area contributed by atoms with Crippen LogP contribution < -0.4 is 4.48 Å². The summed E-state index contributed by atoms with van der Waals surface area (Å²) in [4.78, 5) is 4.95. The van der Waals surface area contributed by atoms with Gasteiger partial charge in [-0.05, 0) is 11.6 Å². The fourth-order valence-electron chi connectivity index (χ4n) is 5.01. The molecule has 0 unspecified atom stereocenters. The van der Waals surface area contributed by atoms with Crippen molar-refractivity contribution < 1.29 is 0 Å². The van der Waals surface area contributed by atoms with Crippen LogP contribution in [-0.2, 0) is 26.1 Å². The minimum atomic E-state index is 0.772.